The summed E-state index contributed by atoms with van der Waals surface area (Å²) in [7, 11) is 1.34. The van der Waals surface area contributed by atoms with Gasteiger partial charge in [0.2, 0.25) is 0 Å². The molecule has 102 valence electrons. The molecule has 1 aromatic heterocycles. The molecule has 20 heavy (non-hydrogen) atoms. The lowest BCUT2D eigenvalue weighted by atomic mass is 10.1. The number of hydrogen-bond donors (Lipinski definition) is 0. The number of benzene rings is 1. The molecule has 0 aliphatic heterocycles. The van der Waals surface area contributed by atoms with Gasteiger partial charge in [0.1, 0.15) is 18.1 Å². The Morgan fingerprint density at radius 1 is 1.25 bits per heavy atom. The number of hydrogen-bond acceptors (Lipinski definition) is 5. The average Bonchev–Trinajstić information content (AvgIpc) is 2.53. The fourth-order valence-corrected chi connectivity index (χ4v) is 1.63. The van der Waals surface area contributed by atoms with Gasteiger partial charge >= 0.3 is 5.97 Å². The van der Waals surface area contributed by atoms with Gasteiger partial charge in [0.15, 0.2) is 6.29 Å². The van der Waals surface area contributed by atoms with Gasteiger partial charge in [0, 0.05) is 6.20 Å². The monoisotopic (exact) mass is 271 g/mol. The summed E-state index contributed by atoms with van der Waals surface area (Å²) in [5.41, 5.74) is 1.61. The number of ether oxygens (including phenoxy) is 2. The highest BCUT2D eigenvalue weighted by Crippen LogP contribution is 2.15. The van der Waals surface area contributed by atoms with Gasteiger partial charge in [0.25, 0.3) is 0 Å². The quantitative estimate of drug-likeness (QED) is 0.616. The Morgan fingerprint density at radius 3 is 2.65 bits per heavy atom. The Kier molecular flexibility index (Phi) is 4.44. The molecular weight excluding hydrogens is 258 g/mol. The van der Waals surface area contributed by atoms with E-state index in [0.717, 1.165) is 5.56 Å². The molecule has 0 fully saturated rings. The number of pyridine rings is 1. The number of carbonyl (C=O) groups is 2. The van der Waals surface area contributed by atoms with E-state index in [9.17, 15) is 9.59 Å². The van der Waals surface area contributed by atoms with E-state index in [2.05, 4.69) is 9.72 Å². The summed E-state index contributed by atoms with van der Waals surface area (Å²) in [6, 6.07) is 10.2. The molecule has 0 aliphatic rings. The van der Waals surface area contributed by atoms with Crippen molar-refractivity contribution in [3.63, 3.8) is 0 Å². The zero-order chi connectivity index (χ0) is 14.4. The Hall–Kier alpha value is -2.69. The van der Waals surface area contributed by atoms with Crippen LogP contribution in [0, 0.1) is 0 Å². The highest BCUT2D eigenvalue weighted by Gasteiger charge is 2.06. The molecule has 0 aliphatic carbocycles. The average molecular weight is 271 g/mol. The smallest absolute Gasteiger partial charge is 0.337 e. The number of methoxy groups -OCH3 is 1. The zero-order valence-corrected chi connectivity index (χ0v) is 10.9. The van der Waals surface area contributed by atoms with Crippen LogP contribution in [0.1, 0.15) is 26.4 Å². The SMILES string of the molecule is COC(=O)c1ccc(COc2cccnc2C=O)cc1. The van der Waals surface area contributed by atoms with Crippen molar-refractivity contribution >= 4 is 12.3 Å². The Bertz CT molecular complexity index is 608. The van der Waals surface area contributed by atoms with E-state index in [1.165, 1.54) is 13.3 Å². The lowest BCUT2D eigenvalue weighted by molar-refractivity contribution is 0.0600. The Labute approximate surface area is 116 Å². The summed E-state index contributed by atoms with van der Waals surface area (Å²) in [4.78, 5) is 26.0. The van der Waals surface area contributed by atoms with Crippen LogP contribution in [0.25, 0.3) is 0 Å². The lowest BCUT2D eigenvalue weighted by Gasteiger charge is -2.08. The van der Waals surface area contributed by atoms with Crippen molar-refractivity contribution < 1.29 is 19.1 Å². The highest BCUT2D eigenvalue weighted by molar-refractivity contribution is 5.89. The van der Waals surface area contributed by atoms with Crippen LogP contribution in [0.5, 0.6) is 5.75 Å². The van der Waals surface area contributed by atoms with E-state index in [0.29, 0.717) is 17.6 Å². The molecule has 2 rings (SSSR count). The van der Waals surface area contributed by atoms with Crippen LogP contribution in [0.2, 0.25) is 0 Å². The maximum Gasteiger partial charge on any atom is 0.337 e. The van der Waals surface area contributed by atoms with Gasteiger partial charge in [-0.25, -0.2) is 9.78 Å². The standard InChI is InChI=1S/C15H13NO4/c1-19-15(18)12-6-4-11(5-7-12)10-20-14-3-2-8-16-13(14)9-17/h2-9H,10H2,1H3. The second-order valence-electron chi connectivity index (χ2n) is 3.98. The van der Waals surface area contributed by atoms with Crippen LogP contribution in [-0.4, -0.2) is 24.3 Å². The largest absolute Gasteiger partial charge is 0.487 e. The fourth-order valence-electron chi connectivity index (χ4n) is 1.63. The minimum Gasteiger partial charge on any atom is -0.487 e. The second-order valence-corrected chi connectivity index (χ2v) is 3.98. The summed E-state index contributed by atoms with van der Waals surface area (Å²) in [6.45, 7) is 0.286. The first-order valence-electron chi connectivity index (χ1n) is 5.95. The summed E-state index contributed by atoms with van der Waals surface area (Å²) in [5, 5.41) is 0. The molecule has 5 heteroatoms. The molecule has 0 atom stereocenters. The van der Waals surface area contributed by atoms with E-state index in [-0.39, 0.29) is 18.3 Å². The molecule has 0 unspecified atom stereocenters. The summed E-state index contributed by atoms with van der Waals surface area (Å²) in [6.07, 6.45) is 2.18. The Morgan fingerprint density at radius 2 is 2.00 bits per heavy atom. The predicted octanol–water partition coefficient (Wildman–Crippen LogP) is 2.26. The predicted molar refractivity (Wildman–Crippen MR) is 71.7 cm³/mol. The van der Waals surface area contributed by atoms with E-state index < -0.39 is 0 Å². The van der Waals surface area contributed by atoms with Crippen molar-refractivity contribution in [2.45, 2.75) is 6.61 Å². The fraction of sp³-hybridized carbons (Fsp3) is 0.133. The maximum atomic E-state index is 11.3. The normalized spacial score (nSPS) is 9.85. The molecule has 0 spiro atoms. The molecule has 0 N–H and O–H groups in total. The van der Waals surface area contributed by atoms with E-state index in [4.69, 9.17) is 4.74 Å². The molecule has 2 aromatic rings. The van der Waals surface area contributed by atoms with Gasteiger partial charge in [-0.1, -0.05) is 12.1 Å². The number of carbonyl (C=O) groups excluding carboxylic acids is 2. The van der Waals surface area contributed by atoms with Crippen molar-refractivity contribution in [2.24, 2.45) is 0 Å². The maximum absolute atomic E-state index is 11.3. The van der Waals surface area contributed by atoms with Gasteiger partial charge < -0.3 is 9.47 Å². The third kappa shape index (κ3) is 3.20. The Balaban J connectivity index is 2.04. The number of aromatic nitrogens is 1. The van der Waals surface area contributed by atoms with E-state index >= 15 is 0 Å². The topological polar surface area (TPSA) is 65.5 Å². The van der Waals surface area contributed by atoms with Gasteiger partial charge in [-0.15, -0.1) is 0 Å². The lowest BCUT2D eigenvalue weighted by Crippen LogP contribution is -2.02. The number of esters is 1. The van der Waals surface area contributed by atoms with Crippen LogP contribution >= 0.6 is 0 Å². The van der Waals surface area contributed by atoms with Crippen LogP contribution in [0.4, 0.5) is 0 Å². The molecular formula is C15H13NO4. The van der Waals surface area contributed by atoms with E-state index in [1.54, 1.807) is 36.4 Å². The summed E-state index contributed by atoms with van der Waals surface area (Å²) < 4.78 is 10.1. The molecule has 0 radical (unpaired) electrons. The molecule has 1 heterocycles. The first-order valence-corrected chi connectivity index (χ1v) is 5.95. The molecule has 0 saturated heterocycles. The molecule has 0 saturated carbocycles. The second kappa shape index (κ2) is 6.47. The van der Waals surface area contributed by atoms with Crippen LogP contribution < -0.4 is 4.74 Å². The van der Waals surface area contributed by atoms with Crippen LogP contribution in [0.15, 0.2) is 42.6 Å². The minimum atomic E-state index is -0.382. The van der Waals surface area contributed by atoms with E-state index in [1.807, 2.05) is 0 Å². The highest BCUT2D eigenvalue weighted by atomic mass is 16.5. The van der Waals surface area contributed by atoms with Gasteiger partial charge in [-0.05, 0) is 29.8 Å². The van der Waals surface area contributed by atoms with Crippen molar-refractivity contribution in [3.05, 3.63) is 59.4 Å². The molecule has 5 nitrogen and oxygen atoms in total. The summed E-state index contributed by atoms with van der Waals surface area (Å²) in [5.74, 6) is 0.0486. The summed E-state index contributed by atoms with van der Waals surface area (Å²) >= 11 is 0. The van der Waals surface area contributed by atoms with Crippen LogP contribution in [-0.2, 0) is 11.3 Å². The third-order valence-electron chi connectivity index (χ3n) is 2.68. The zero-order valence-electron chi connectivity index (χ0n) is 10.9. The van der Waals surface area contributed by atoms with Crippen molar-refractivity contribution in [1.29, 1.82) is 0 Å². The van der Waals surface area contributed by atoms with Crippen LogP contribution in [0.3, 0.4) is 0 Å². The minimum absolute atomic E-state index is 0.263. The molecule has 0 amide bonds. The van der Waals surface area contributed by atoms with Gasteiger partial charge in [0.05, 0.1) is 12.7 Å². The number of aldehydes is 1. The third-order valence-corrected chi connectivity index (χ3v) is 2.68. The molecule has 0 bridgehead atoms. The molecule has 1 aromatic carbocycles. The first kappa shape index (κ1) is 13.7. The van der Waals surface area contributed by atoms with Crippen molar-refractivity contribution in [3.8, 4) is 5.75 Å². The number of nitrogens with zero attached hydrogens (tertiary/aromatic N) is 1. The first-order chi connectivity index (χ1) is 9.74. The van der Waals surface area contributed by atoms with Crippen molar-refractivity contribution in [2.75, 3.05) is 7.11 Å². The van der Waals surface area contributed by atoms with Gasteiger partial charge in [-0.3, -0.25) is 4.79 Å². The van der Waals surface area contributed by atoms with Crippen molar-refractivity contribution in [1.82, 2.24) is 4.98 Å². The van der Waals surface area contributed by atoms with Gasteiger partial charge in [-0.2, -0.15) is 0 Å². The number of rotatable bonds is 5.